The minimum absolute atomic E-state index is 0.319. The maximum Gasteiger partial charge on any atom is 0.130 e. The topological polar surface area (TPSA) is 55.9 Å². The van der Waals surface area contributed by atoms with Crippen LogP contribution < -0.4 is 11.3 Å². The molecule has 0 bridgehead atoms. The summed E-state index contributed by atoms with van der Waals surface area (Å²) in [5.74, 6) is 4.28. The van der Waals surface area contributed by atoms with Crippen LogP contribution in [0.4, 0.5) is 8.78 Å². The maximum atomic E-state index is 13.8. The Balaban J connectivity index is 2.33. The first-order valence-corrected chi connectivity index (χ1v) is 6.82. The van der Waals surface area contributed by atoms with Crippen LogP contribution in [-0.4, -0.2) is 9.78 Å². The van der Waals surface area contributed by atoms with Crippen molar-refractivity contribution in [3.63, 3.8) is 0 Å². The summed E-state index contributed by atoms with van der Waals surface area (Å²) in [5.41, 5.74) is 4.61. The zero-order valence-corrected chi connectivity index (χ0v) is 12.7. The van der Waals surface area contributed by atoms with E-state index in [1.54, 1.807) is 4.68 Å². The van der Waals surface area contributed by atoms with Gasteiger partial charge in [0.25, 0.3) is 0 Å². The molecule has 3 N–H and O–H groups in total. The molecule has 0 radical (unpaired) electrons. The Morgan fingerprint density at radius 3 is 2.65 bits per heavy atom. The van der Waals surface area contributed by atoms with Crippen LogP contribution in [0.15, 0.2) is 22.7 Å². The normalized spacial score (nSPS) is 12.7. The van der Waals surface area contributed by atoms with Gasteiger partial charge < -0.3 is 0 Å². The molecule has 1 aromatic heterocycles. The zero-order valence-electron chi connectivity index (χ0n) is 11.1. The van der Waals surface area contributed by atoms with Gasteiger partial charge in [0.15, 0.2) is 0 Å². The van der Waals surface area contributed by atoms with Gasteiger partial charge >= 0.3 is 0 Å². The Labute approximate surface area is 124 Å². The number of aryl methyl sites for hydroxylation is 2. The van der Waals surface area contributed by atoms with Crippen molar-refractivity contribution < 1.29 is 8.78 Å². The lowest BCUT2D eigenvalue weighted by Crippen LogP contribution is -2.31. The van der Waals surface area contributed by atoms with E-state index in [-0.39, 0.29) is 0 Å². The Kier molecular flexibility index (Phi) is 4.52. The smallest absolute Gasteiger partial charge is 0.130 e. The van der Waals surface area contributed by atoms with Crippen LogP contribution in [0.5, 0.6) is 0 Å². The number of nitrogens with one attached hydrogen (secondary N) is 1. The van der Waals surface area contributed by atoms with Gasteiger partial charge in [-0.25, -0.2) is 8.78 Å². The standard InChI is InChI=1S/C13H15BrF2N4/c1-7-13(14)12(20(2)19-7)6-11(18-17)9-4-3-8(15)5-10(9)16/h3-5,11,18H,6,17H2,1-2H3. The molecular weight excluding hydrogens is 330 g/mol. The molecule has 0 aliphatic rings. The van der Waals surface area contributed by atoms with Crippen LogP contribution in [0, 0.1) is 18.6 Å². The van der Waals surface area contributed by atoms with E-state index < -0.39 is 17.7 Å². The van der Waals surface area contributed by atoms with Gasteiger partial charge in [0.1, 0.15) is 11.6 Å². The molecule has 0 spiro atoms. The molecule has 0 aliphatic carbocycles. The predicted octanol–water partition coefficient (Wildman–Crippen LogP) is 2.52. The number of rotatable bonds is 4. The van der Waals surface area contributed by atoms with Crippen molar-refractivity contribution in [1.29, 1.82) is 0 Å². The van der Waals surface area contributed by atoms with E-state index in [2.05, 4.69) is 26.5 Å². The molecule has 0 fully saturated rings. The minimum Gasteiger partial charge on any atom is -0.271 e. The quantitative estimate of drug-likeness (QED) is 0.661. The third-order valence-corrected chi connectivity index (χ3v) is 4.23. The molecular formula is C13H15BrF2N4. The van der Waals surface area contributed by atoms with Crippen LogP contribution in [0.25, 0.3) is 0 Å². The molecule has 0 aliphatic heterocycles. The number of halogens is 3. The largest absolute Gasteiger partial charge is 0.271 e. The van der Waals surface area contributed by atoms with E-state index in [1.807, 2.05) is 14.0 Å². The molecule has 7 heteroatoms. The van der Waals surface area contributed by atoms with E-state index in [4.69, 9.17) is 5.84 Å². The van der Waals surface area contributed by atoms with Gasteiger partial charge in [0.2, 0.25) is 0 Å². The summed E-state index contributed by atoms with van der Waals surface area (Å²) < 4.78 is 29.4. The predicted molar refractivity (Wildman–Crippen MR) is 75.8 cm³/mol. The summed E-state index contributed by atoms with van der Waals surface area (Å²) in [6.07, 6.45) is 0.428. The maximum absolute atomic E-state index is 13.8. The van der Waals surface area contributed by atoms with Crippen molar-refractivity contribution in [1.82, 2.24) is 15.2 Å². The fourth-order valence-electron chi connectivity index (χ4n) is 2.14. The van der Waals surface area contributed by atoms with Crippen molar-refractivity contribution in [2.24, 2.45) is 12.9 Å². The van der Waals surface area contributed by atoms with Gasteiger partial charge in [-0.05, 0) is 28.9 Å². The Bertz CT molecular complexity index is 627. The third kappa shape index (κ3) is 2.89. The molecule has 4 nitrogen and oxygen atoms in total. The Hall–Kier alpha value is -1.31. The van der Waals surface area contributed by atoms with Crippen LogP contribution in [-0.2, 0) is 13.5 Å². The molecule has 108 valence electrons. The van der Waals surface area contributed by atoms with Crippen molar-refractivity contribution in [2.45, 2.75) is 19.4 Å². The summed E-state index contributed by atoms with van der Waals surface area (Å²) in [5, 5.41) is 4.28. The lowest BCUT2D eigenvalue weighted by molar-refractivity contribution is 0.490. The number of benzene rings is 1. The average molecular weight is 345 g/mol. The first kappa shape index (κ1) is 15.1. The lowest BCUT2D eigenvalue weighted by atomic mass is 10.0. The zero-order chi connectivity index (χ0) is 14.9. The van der Waals surface area contributed by atoms with Crippen LogP contribution in [0.2, 0.25) is 0 Å². The highest BCUT2D eigenvalue weighted by atomic mass is 79.9. The second-order valence-corrected chi connectivity index (χ2v) is 5.35. The molecule has 1 unspecified atom stereocenters. The first-order valence-electron chi connectivity index (χ1n) is 6.03. The molecule has 1 aromatic carbocycles. The Morgan fingerprint density at radius 2 is 2.15 bits per heavy atom. The van der Waals surface area contributed by atoms with Gasteiger partial charge in [0.05, 0.1) is 21.9 Å². The van der Waals surface area contributed by atoms with Crippen LogP contribution in [0.3, 0.4) is 0 Å². The van der Waals surface area contributed by atoms with Gasteiger partial charge in [0, 0.05) is 25.1 Å². The van der Waals surface area contributed by atoms with Gasteiger partial charge in [-0.3, -0.25) is 16.0 Å². The van der Waals surface area contributed by atoms with Crippen molar-refractivity contribution in [3.8, 4) is 0 Å². The van der Waals surface area contributed by atoms with E-state index in [0.717, 1.165) is 21.9 Å². The van der Waals surface area contributed by atoms with Gasteiger partial charge in [-0.1, -0.05) is 6.07 Å². The second kappa shape index (κ2) is 5.99. The Morgan fingerprint density at radius 1 is 1.45 bits per heavy atom. The summed E-state index contributed by atoms with van der Waals surface area (Å²) in [7, 11) is 1.81. The molecule has 0 saturated carbocycles. The number of aromatic nitrogens is 2. The summed E-state index contributed by atoms with van der Waals surface area (Å²) in [6, 6.07) is 2.99. The lowest BCUT2D eigenvalue weighted by Gasteiger charge is -2.17. The summed E-state index contributed by atoms with van der Waals surface area (Å²) in [6.45, 7) is 1.87. The fraction of sp³-hybridized carbons (Fsp3) is 0.308. The van der Waals surface area contributed by atoms with Gasteiger partial charge in [-0.2, -0.15) is 5.10 Å². The van der Waals surface area contributed by atoms with E-state index >= 15 is 0 Å². The minimum atomic E-state index is -0.622. The number of hydrogen-bond donors (Lipinski definition) is 2. The fourth-order valence-corrected chi connectivity index (χ4v) is 2.64. The highest BCUT2D eigenvalue weighted by molar-refractivity contribution is 9.10. The molecule has 20 heavy (non-hydrogen) atoms. The van der Waals surface area contributed by atoms with Crippen LogP contribution >= 0.6 is 15.9 Å². The molecule has 2 aromatic rings. The average Bonchev–Trinajstić information content (AvgIpc) is 2.62. The highest BCUT2D eigenvalue weighted by Gasteiger charge is 2.20. The van der Waals surface area contributed by atoms with Crippen molar-refractivity contribution >= 4 is 15.9 Å². The molecule has 1 heterocycles. The van der Waals surface area contributed by atoms with E-state index in [9.17, 15) is 8.78 Å². The monoisotopic (exact) mass is 344 g/mol. The molecule has 0 amide bonds. The summed E-state index contributed by atoms with van der Waals surface area (Å²) in [4.78, 5) is 0. The van der Waals surface area contributed by atoms with Crippen molar-refractivity contribution in [3.05, 3.63) is 51.3 Å². The van der Waals surface area contributed by atoms with Gasteiger partial charge in [-0.15, -0.1) is 0 Å². The highest BCUT2D eigenvalue weighted by Crippen LogP contribution is 2.27. The van der Waals surface area contributed by atoms with Crippen LogP contribution in [0.1, 0.15) is 23.0 Å². The number of hydrazine groups is 1. The summed E-state index contributed by atoms with van der Waals surface area (Å²) >= 11 is 3.46. The molecule has 0 saturated heterocycles. The number of hydrogen-bond acceptors (Lipinski definition) is 3. The van der Waals surface area contributed by atoms with E-state index in [0.29, 0.717) is 12.0 Å². The first-order chi connectivity index (χ1) is 9.43. The number of nitrogens with two attached hydrogens (primary N) is 1. The van der Waals surface area contributed by atoms with Crippen molar-refractivity contribution in [2.75, 3.05) is 0 Å². The molecule has 1 atom stereocenters. The second-order valence-electron chi connectivity index (χ2n) is 4.56. The molecule has 2 rings (SSSR count). The van der Waals surface area contributed by atoms with E-state index in [1.165, 1.54) is 12.1 Å². The SMILES string of the molecule is Cc1nn(C)c(CC(NN)c2ccc(F)cc2F)c1Br. The number of nitrogens with zero attached hydrogens (tertiary/aromatic N) is 2. The third-order valence-electron chi connectivity index (χ3n) is 3.20.